The minimum atomic E-state index is -0.135. The van der Waals surface area contributed by atoms with Crippen LogP contribution >= 0.6 is 22.9 Å². The van der Waals surface area contributed by atoms with E-state index in [4.69, 9.17) is 11.6 Å². The molecule has 1 saturated carbocycles. The number of hydrogen-bond acceptors (Lipinski definition) is 3. The third kappa shape index (κ3) is 4.79. The largest absolute Gasteiger partial charge is 0.301 e. The number of anilines is 1. The van der Waals surface area contributed by atoms with E-state index < -0.39 is 0 Å². The van der Waals surface area contributed by atoms with Crippen molar-refractivity contribution >= 4 is 34.0 Å². The van der Waals surface area contributed by atoms with E-state index in [-0.39, 0.29) is 19.3 Å². The minimum absolute atomic E-state index is 0. The fraction of sp³-hybridized carbons (Fsp3) is 0.444. The number of nitrogens with zero attached hydrogens (tertiary/aromatic N) is 1. The predicted molar refractivity (Wildman–Crippen MR) is 98.2 cm³/mol. The Labute approximate surface area is 147 Å². The van der Waals surface area contributed by atoms with Gasteiger partial charge in [0.25, 0.3) is 0 Å². The second kappa shape index (κ2) is 8.46. The zero-order valence-corrected chi connectivity index (χ0v) is 13.9. The molecule has 1 amide bonds. The third-order valence-electron chi connectivity index (χ3n) is 4.30. The van der Waals surface area contributed by atoms with Crippen LogP contribution in [0.5, 0.6) is 0 Å². The van der Waals surface area contributed by atoms with Gasteiger partial charge in [0.1, 0.15) is 0 Å². The first-order valence-corrected chi connectivity index (χ1v) is 8.94. The average Bonchev–Trinajstić information content (AvgIpc) is 3.19. The number of hydrogen-bond donors (Lipinski definition) is 1. The van der Waals surface area contributed by atoms with Gasteiger partial charge in [-0.3, -0.25) is 4.79 Å². The van der Waals surface area contributed by atoms with Gasteiger partial charge in [0.15, 0.2) is 5.13 Å². The summed E-state index contributed by atoms with van der Waals surface area (Å²) in [5, 5.41) is 6.17. The van der Waals surface area contributed by atoms with E-state index in [2.05, 4.69) is 10.3 Å². The summed E-state index contributed by atoms with van der Waals surface area (Å²) in [5.74, 6) is 0.538. The molecule has 1 unspecified atom stereocenters. The van der Waals surface area contributed by atoms with E-state index in [0.717, 1.165) is 12.0 Å². The van der Waals surface area contributed by atoms with Crippen molar-refractivity contribution in [1.29, 1.82) is 0 Å². The number of carbonyl (C=O) groups is 1. The van der Waals surface area contributed by atoms with Gasteiger partial charge >= 0.3 is 0 Å². The molecule has 0 radical (unpaired) electrons. The number of halogens is 1. The molecule has 2 aromatic rings. The molecule has 1 fully saturated rings. The van der Waals surface area contributed by atoms with Crippen molar-refractivity contribution in [3.63, 3.8) is 0 Å². The monoisotopic (exact) mass is 350 g/mol. The standard InChI is InChI=1S/C17H19ClN2OS.CH4/c18-14-7-5-13(6-8-14)15(11-12-3-1-2-4-12)16(21)20-17-19-9-10-22-17;/h5-10,12,15H,1-4,11H2,(H,19,20,21);1H4. The first kappa shape index (κ1) is 18.0. The van der Waals surface area contributed by atoms with Crippen LogP contribution in [0, 0.1) is 5.92 Å². The molecule has 3 nitrogen and oxygen atoms in total. The van der Waals surface area contributed by atoms with E-state index in [1.807, 2.05) is 29.6 Å². The number of benzene rings is 1. The summed E-state index contributed by atoms with van der Waals surface area (Å²) >= 11 is 7.42. The number of thiazole rings is 1. The fourth-order valence-electron chi connectivity index (χ4n) is 3.15. The van der Waals surface area contributed by atoms with Gasteiger partial charge in [-0.05, 0) is 30.0 Å². The van der Waals surface area contributed by atoms with E-state index in [0.29, 0.717) is 16.1 Å². The van der Waals surface area contributed by atoms with Gasteiger partial charge in [-0.25, -0.2) is 4.98 Å². The lowest BCUT2D eigenvalue weighted by molar-refractivity contribution is -0.118. The van der Waals surface area contributed by atoms with E-state index in [9.17, 15) is 4.79 Å². The van der Waals surface area contributed by atoms with E-state index in [1.165, 1.54) is 37.0 Å². The maximum atomic E-state index is 12.7. The Morgan fingerprint density at radius 2 is 2.00 bits per heavy atom. The average molecular weight is 351 g/mol. The molecular weight excluding hydrogens is 328 g/mol. The van der Waals surface area contributed by atoms with Crippen molar-refractivity contribution in [2.45, 2.75) is 45.4 Å². The molecule has 1 atom stereocenters. The van der Waals surface area contributed by atoms with Crippen molar-refractivity contribution in [3.8, 4) is 0 Å². The summed E-state index contributed by atoms with van der Waals surface area (Å²) in [6.07, 6.45) is 7.63. The van der Waals surface area contributed by atoms with Crippen LogP contribution in [0.2, 0.25) is 5.02 Å². The van der Waals surface area contributed by atoms with Crippen molar-refractivity contribution < 1.29 is 4.79 Å². The summed E-state index contributed by atoms with van der Waals surface area (Å²) < 4.78 is 0. The number of rotatable bonds is 5. The molecule has 124 valence electrons. The van der Waals surface area contributed by atoms with Crippen LogP contribution < -0.4 is 5.32 Å². The van der Waals surface area contributed by atoms with Gasteiger partial charge in [0.2, 0.25) is 5.91 Å². The molecule has 1 aromatic heterocycles. The van der Waals surface area contributed by atoms with Gasteiger partial charge < -0.3 is 5.32 Å². The van der Waals surface area contributed by atoms with Crippen molar-refractivity contribution in [2.75, 3.05) is 5.32 Å². The Kier molecular flexibility index (Phi) is 6.60. The maximum Gasteiger partial charge on any atom is 0.233 e. The van der Waals surface area contributed by atoms with Crippen molar-refractivity contribution in [2.24, 2.45) is 5.92 Å². The van der Waals surface area contributed by atoms with E-state index >= 15 is 0 Å². The van der Waals surface area contributed by atoms with Crippen LogP contribution in [0.3, 0.4) is 0 Å². The lowest BCUT2D eigenvalue weighted by Gasteiger charge is -2.20. The Balaban J connectivity index is 0.00000192. The van der Waals surface area contributed by atoms with Crippen LogP contribution in [-0.4, -0.2) is 10.9 Å². The molecule has 3 rings (SSSR count). The SMILES string of the molecule is C.O=C(Nc1nccs1)C(CC1CCCC1)c1ccc(Cl)cc1. The first-order valence-electron chi connectivity index (χ1n) is 7.68. The smallest absolute Gasteiger partial charge is 0.233 e. The molecular formula is C18H23ClN2OS. The molecule has 1 aromatic carbocycles. The molecule has 0 saturated heterocycles. The fourth-order valence-corrected chi connectivity index (χ4v) is 3.80. The third-order valence-corrected chi connectivity index (χ3v) is 5.24. The van der Waals surface area contributed by atoms with Gasteiger partial charge in [-0.15, -0.1) is 11.3 Å². The molecule has 0 bridgehead atoms. The Morgan fingerprint density at radius 1 is 1.30 bits per heavy atom. The summed E-state index contributed by atoms with van der Waals surface area (Å²) in [4.78, 5) is 16.8. The number of amides is 1. The van der Waals surface area contributed by atoms with Gasteiger partial charge in [0, 0.05) is 16.6 Å². The summed E-state index contributed by atoms with van der Waals surface area (Å²) in [7, 11) is 0. The molecule has 1 heterocycles. The highest BCUT2D eigenvalue weighted by Crippen LogP contribution is 2.35. The first-order chi connectivity index (χ1) is 10.7. The van der Waals surface area contributed by atoms with Crippen LogP contribution in [0.4, 0.5) is 5.13 Å². The van der Waals surface area contributed by atoms with Gasteiger partial charge in [-0.1, -0.05) is 56.8 Å². The maximum absolute atomic E-state index is 12.7. The molecule has 1 aliphatic rings. The normalized spacial score (nSPS) is 15.9. The minimum Gasteiger partial charge on any atom is -0.301 e. The second-order valence-corrected chi connectivity index (χ2v) is 7.15. The molecule has 5 heteroatoms. The lowest BCUT2D eigenvalue weighted by atomic mass is 9.87. The highest BCUT2D eigenvalue weighted by atomic mass is 35.5. The zero-order valence-electron chi connectivity index (χ0n) is 12.3. The Hall–Kier alpha value is -1.39. The van der Waals surface area contributed by atoms with E-state index in [1.54, 1.807) is 6.20 Å². The van der Waals surface area contributed by atoms with Crippen LogP contribution in [0.15, 0.2) is 35.8 Å². The molecule has 0 aliphatic heterocycles. The van der Waals surface area contributed by atoms with Crippen LogP contribution in [-0.2, 0) is 4.79 Å². The highest BCUT2D eigenvalue weighted by Gasteiger charge is 2.27. The quantitative estimate of drug-likeness (QED) is 0.747. The Bertz CT molecular complexity index is 606. The Morgan fingerprint density at radius 3 is 2.61 bits per heavy atom. The summed E-state index contributed by atoms with van der Waals surface area (Å²) in [6, 6.07) is 7.64. The molecule has 1 aliphatic carbocycles. The number of carbonyl (C=O) groups excluding carboxylic acids is 1. The van der Waals surface area contributed by atoms with Crippen LogP contribution in [0.1, 0.15) is 51.0 Å². The highest BCUT2D eigenvalue weighted by molar-refractivity contribution is 7.13. The van der Waals surface area contributed by atoms with Crippen molar-refractivity contribution in [1.82, 2.24) is 4.98 Å². The lowest BCUT2D eigenvalue weighted by Crippen LogP contribution is -2.23. The molecule has 0 spiro atoms. The molecule has 1 N–H and O–H groups in total. The predicted octanol–water partition coefficient (Wildman–Crippen LogP) is 5.74. The summed E-state index contributed by atoms with van der Waals surface area (Å²) in [5.41, 5.74) is 1.03. The van der Waals surface area contributed by atoms with Gasteiger partial charge in [0.05, 0.1) is 5.92 Å². The second-order valence-electron chi connectivity index (χ2n) is 5.82. The topological polar surface area (TPSA) is 42.0 Å². The van der Waals surface area contributed by atoms with Crippen molar-refractivity contribution in [3.05, 3.63) is 46.4 Å². The van der Waals surface area contributed by atoms with Gasteiger partial charge in [-0.2, -0.15) is 0 Å². The molecule has 23 heavy (non-hydrogen) atoms. The number of nitrogens with one attached hydrogen (secondary N) is 1. The van der Waals surface area contributed by atoms with Crippen LogP contribution in [0.25, 0.3) is 0 Å². The number of aromatic nitrogens is 1. The summed E-state index contributed by atoms with van der Waals surface area (Å²) in [6.45, 7) is 0. The zero-order chi connectivity index (χ0) is 15.4.